The van der Waals surface area contributed by atoms with Gasteiger partial charge in [0.1, 0.15) is 15.7 Å². The maximum absolute atomic E-state index is 13.0. The fourth-order valence-electron chi connectivity index (χ4n) is 2.56. The molecule has 0 unspecified atom stereocenters. The molecular formula is C20H23FN2O4S2. The van der Waals surface area contributed by atoms with Crippen LogP contribution in [0, 0.1) is 12.7 Å². The molecule has 2 N–H and O–H groups in total. The second-order valence-corrected chi connectivity index (χ2v) is 7.39. The van der Waals surface area contributed by atoms with Gasteiger partial charge in [-0.25, -0.2) is 14.0 Å². The molecule has 1 aromatic heterocycles. The Bertz CT molecular complexity index is 881. The van der Waals surface area contributed by atoms with Gasteiger partial charge in [0.15, 0.2) is 5.11 Å². The zero-order chi connectivity index (χ0) is 21.4. The average Bonchev–Trinajstić information content (AvgIpc) is 2.99. The van der Waals surface area contributed by atoms with Crippen molar-refractivity contribution >= 4 is 45.6 Å². The number of ether oxygens (including phenoxy) is 2. The van der Waals surface area contributed by atoms with Crippen LogP contribution >= 0.6 is 23.6 Å². The summed E-state index contributed by atoms with van der Waals surface area (Å²) < 4.78 is 23.1. The Morgan fingerprint density at radius 3 is 2.34 bits per heavy atom. The van der Waals surface area contributed by atoms with Gasteiger partial charge in [-0.2, -0.15) is 0 Å². The van der Waals surface area contributed by atoms with E-state index in [4.69, 9.17) is 21.7 Å². The molecule has 156 valence electrons. The van der Waals surface area contributed by atoms with E-state index in [-0.39, 0.29) is 24.6 Å². The average molecular weight is 439 g/mol. The second kappa shape index (κ2) is 10.9. The van der Waals surface area contributed by atoms with E-state index in [0.29, 0.717) is 33.5 Å². The standard InChI is InChI=1S/C20H23FN2O4S2/c1-4-26-18(24)15-12(3)16(19(25)27-5-2)29-17(15)23-20(28)22-11-10-13-6-8-14(21)9-7-13/h6-9H,4-5,10-11H2,1-3H3,(H2,22,23,28). The predicted molar refractivity (Wildman–Crippen MR) is 115 cm³/mol. The van der Waals surface area contributed by atoms with Crippen molar-refractivity contribution in [2.24, 2.45) is 0 Å². The molecule has 6 nitrogen and oxygen atoms in total. The molecule has 1 aromatic carbocycles. The maximum atomic E-state index is 13.0. The maximum Gasteiger partial charge on any atom is 0.348 e. The summed E-state index contributed by atoms with van der Waals surface area (Å²) in [6.45, 7) is 6.05. The van der Waals surface area contributed by atoms with E-state index in [1.54, 1.807) is 32.9 Å². The number of rotatable bonds is 8. The first-order chi connectivity index (χ1) is 13.9. The summed E-state index contributed by atoms with van der Waals surface area (Å²) in [5.74, 6) is -1.31. The molecule has 0 fully saturated rings. The summed E-state index contributed by atoms with van der Waals surface area (Å²) in [7, 11) is 0. The van der Waals surface area contributed by atoms with Crippen LogP contribution in [0.5, 0.6) is 0 Å². The molecule has 0 saturated carbocycles. The van der Waals surface area contributed by atoms with Crippen LogP contribution < -0.4 is 10.6 Å². The van der Waals surface area contributed by atoms with Crippen molar-refractivity contribution in [3.05, 3.63) is 51.7 Å². The lowest BCUT2D eigenvalue weighted by Crippen LogP contribution is -2.30. The molecule has 2 aromatic rings. The van der Waals surface area contributed by atoms with Crippen LogP contribution in [0.4, 0.5) is 9.39 Å². The highest BCUT2D eigenvalue weighted by Crippen LogP contribution is 2.34. The lowest BCUT2D eigenvalue weighted by Gasteiger charge is -2.11. The molecule has 0 amide bonds. The number of nitrogens with one attached hydrogen (secondary N) is 2. The minimum absolute atomic E-state index is 0.211. The largest absolute Gasteiger partial charge is 0.462 e. The SMILES string of the molecule is CCOC(=O)c1sc(NC(=S)NCCc2ccc(F)cc2)c(C(=O)OCC)c1C. The Hall–Kier alpha value is -2.52. The van der Waals surface area contributed by atoms with Gasteiger partial charge in [-0.1, -0.05) is 12.1 Å². The Morgan fingerprint density at radius 1 is 1.10 bits per heavy atom. The van der Waals surface area contributed by atoms with Crippen LogP contribution in [0.1, 0.15) is 45.0 Å². The van der Waals surface area contributed by atoms with Crippen molar-refractivity contribution in [2.45, 2.75) is 27.2 Å². The first-order valence-corrected chi connectivity index (χ1v) is 10.4. The number of hydrogen-bond donors (Lipinski definition) is 2. The quantitative estimate of drug-likeness (QED) is 0.475. The third-order valence-electron chi connectivity index (χ3n) is 3.93. The smallest absolute Gasteiger partial charge is 0.348 e. The molecule has 0 spiro atoms. The van der Waals surface area contributed by atoms with Crippen molar-refractivity contribution in [2.75, 3.05) is 25.1 Å². The van der Waals surface area contributed by atoms with E-state index in [1.165, 1.54) is 12.1 Å². The van der Waals surface area contributed by atoms with Gasteiger partial charge in [-0.15, -0.1) is 11.3 Å². The number of halogens is 1. The summed E-state index contributed by atoms with van der Waals surface area (Å²) in [5, 5.41) is 6.73. The number of esters is 2. The predicted octanol–water partition coefficient (Wildman–Crippen LogP) is 4.08. The molecule has 0 radical (unpaired) electrons. The normalized spacial score (nSPS) is 10.3. The lowest BCUT2D eigenvalue weighted by molar-refractivity contribution is 0.0527. The molecule has 2 rings (SSSR count). The molecule has 1 heterocycles. The number of hydrogen-bond acceptors (Lipinski definition) is 6. The molecule has 0 aliphatic carbocycles. The molecule has 0 saturated heterocycles. The fourth-order valence-corrected chi connectivity index (χ4v) is 3.92. The summed E-state index contributed by atoms with van der Waals surface area (Å²) in [6.07, 6.45) is 0.643. The van der Waals surface area contributed by atoms with Crippen LogP contribution in [-0.2, 0) is 15.9 Å². The number of carbonyl (C=O) groups excluding carboxylic acids is 2. The van der Waals surface area contributed by atoms with Gasteiger partial charge in [0.2, 0.25) is 0 Å². The van der Waals surface area contributed by atoms with E-state index in [1.807, 2.05) is 0 Å². The first kappa shape index (κ1) is 22.8. The fraction of sp³-hybridized carbons (Fsp3) is 0.350. The van der Waals surface area contributed by atoms with Crippen molar-refractivity contribution in [1.82, 2.24) is 5.32 Å². The molecule has 9 heteroatoms. The summed E-state index contributed by atoms with van der Waals surface area (Å²) in [6, 6.07) is 6.23. The Kier molecular flexibility index (Phi) is 8.53. The van der Waals surface area contributed by atoms with Gasteiger partial charge in [0.05, 0.1) is 18.8 Å². The highest BCUT2D eigenvalue weighted by atomic mass is 32.1. The van der Waals surface area contributed by atoms with E-state index >= 15 is 0 Å². The number of anilines is 1. The van der Waals surface area contributed by atoms with Gasteiger partial charge in [-0.05, 0) is 62.7 Å². The van der Waals surface area contributed by atoms with Gasteiger partial charge >= 0.3 is 11.9 Å². The van der Waals surface area contributed by atoms with Crippen LogP contribution in [-0.4, -0.2) is 36.8 Å². The monoisotopic (exact) mass is 438 g/mol. The molecule has 0 aliphatic heterocycles. The molecule has 0 aliphatic rings. The van der Waals surface area contributed by atoms with Gasteiger partial charge < -0.3 is 20.1 Å². The third kappa shape index (κ3) is 6.23. The minimum atomic E-state index is -0.534. The Balaban J connectivity index is 2.09. The minimum Gasteiger partial charge on any atom is -0.462 e. The van der Waals surface area contributed by atoms with Crippen molar-refractivity contribution in [3.8, 4) is 0 Å². The molecular weight excluding hydrogens is 415 g/mol. The van der Waals surface area contributed by atoms with E-state index < -0.39 is 11.9 Å². The zero-order valence-corrected chi connectivity index (χ0v) is 18.1. The molecule has 0 atom stereocenters. The lowest BCUT2D eigenvalue weighted by atomic mass is 10.1. The van der Waals surface area contributed by atoms with Gasteiger partial charge in [-0.3, -0.25) is 0 Å². The Labute approximate surface area is 178 Å². The van der Waals surface area contributed by atoms with Crippen LogP contribution in [0.3, 0.4) is 0 Å². The molecule has 0 bridgehead atoms. The van der Waals surface area contributed by atoms with Crippen molar-refractivity contribution in [1.29, 1.82) is 0 Å². The number of carbonyl (C=O) groups is 2. The topological polar surface area (TPSA) is 76.7 Å². The van der Waals surface area contributed by atoms with E-state index in [0.717, 1.165) is 16.9 Å². The first-order valence-electron chi connectivity index (χ1n) is 9.14. The Morgan fingerprint density at radius 2 is 1.72 bits per heavy atom. The number of benzene rings is 1. The number of thiophene rings is 1. The van der Waals surface area contributed by atoms with Crippen LogP contribution in [0.15, 0.2) is 24.3 Å². The second-order valence-electron chi connectivity index (χ2n) is 5.96. The van der Waals surface area contributed by atoms with Gasteiger partial charge in [0.25, 0.3) is 0 Å². The molecule has 29 heavy (non-hydrogen) atoms. The zero-order valence-electron chi connectivity index (χ0n) is 16.5. The van der Waals surface area contributed by atoms with Gasteiger partial charge in [0, 0.05) is 6.54 Å². The van der Waals surface area contributed by atoms with Crippen LogP contribution in [0.25, 0.3) is 0 Å². The van der Waals surface area contributed by atoms with E-state index in [9.17, 15) is 14.0 Å². The summed E-state index contributed by atoms with van der Waals surface area (Å²) in [4.78, 5) is 24.9. The van der Waals surface area contributed by atoms with Crippen LogP contribution in [0.2, 0.25) is 0 Å². The highest BCUT2D eigenvalue weighted by Gasteiger charge is 2.26. The van der Waals surface area contributed by atoms with Crippen molar-refractivity contribution in [3.63, 3.8) is 0 Å². The third-order valence-corrected chi connectivity index (χ3v) is 5.36. The summed E-state index contributed by atoms with van der Waals surface area (Å²) in [5.41, 5.74) is 1.72. The highest BCUT2D eigenvalue weighted by molar-refractivity contribution is 7.80. The summed E-state index contributed by atoms with van der Waals surface area (Å²) >= 11 is 6.40. The number of thiocarbonyl (C=S) groups is 1. The van der Waals surface area contributed by atoms with E-state index in [2.05, 4.69) is 10.6 Å². The van der Waals surface area contributed by atoms with Crippen molar-refractivity contribution < 1.29 is 23.5 Å².